The fourth-order valence-corrected chi connectivity index (χ4v) is 2.57. The summed E-state index contributed by atoms with van der Waals surface area (Å²) in [5.41, 5.74) is -0.173. The van der Waals surface area contributed by atoms with Gasteiger partial charge in [0.05, 0.1) is 24.2 Å². The Morgan fingerprint density at radius 1 is 1.33 bits per heavy atom. The summed E-state index contributed by atoms with van der Waals surface area (Å²) in [7, 11) is 0. The lowest BCUT2D eigenvalue weighted by atomic mass is 10.1. The van der Waals surface area contributed by atoms with Crippen LogP contribution in [-0.2, 0) is 16.0 Å². The molecule has 0 aromatic carbocycles. The molecular weight excluding hydrogens is 370 g/mol. The lowest BCUT2D eigenvalue weighted by molar-refractivity contribution is -0.158. The second kappa shape index (κ2) is 8.90. The van der Waals surface area contributed by atoms with Crippen molar-refractivity contribution in [1.29, 1.82) is 0 Å². The molecule has 0 aliphatic rings. The van der Waals surface area contributed by atoms with E-state index in [9.17, 15) is 9.90 Å². The molecule has 0 saturated heterocycles. The zero-order valence-corrected chi connectivity index (χ0v) is 16.6. The van der Waals surface area contributed by atoms with Crippen molar-refractivity contribution in [2.24, 2.45) is 0 Å². The molecule has 2 rings (SSSR count). The molecule has 0 spiro atoms. The minimum Gasteiger partial charge on any atom is -0.504 e. The Labute approximate surface area is 163 Å². The summed E-state index contributed by atoms with van der Waals surface area (Å²) in [4.78, 5) is 20.3. The highest BCUT2D eigenvalue weighted by Crippen LogP contribution is 2.32. The number of nitrogens with zero attached hydrogens (tertiary/aromatic N) is 2. The zero-order chi connectivity index (χ0) is 20.0. The Kier molecular flexibility index (Phi) is 6.85. The quantitative estimate of drug-likeness (QED) is 0.511. The number of hydrogen-bond acceptors (Lipinski definition) is 7. The fraction of sp³-hybridized carbons (Fsp3) is 0.421. The second-order valence-corrected chi connectivity index (χ2v) is 6.76. The van der Waals surface area contributed by atoms with Crippen LogP contribution in [0.15, 0.2) is 24.4 Å². The molecule has 8 heteroatoms. The van der Waals surface area contributed by atoms with Crippen molar-refractivity contribution < 1.29 is 19.4 Å². The highest BCUT2D eigenvalue weighted by Gasteiger charge is 2.31. The number of carbonyl (C=O) groups excluding carboxylic acids is 1. The summed E-state index contributed by atoms with van der Waals surface area (Å²) >= 11 is 6.03. The molecule has 0 radical (unpaired) electrons. The van der Waals surface area contributed by atoms with Crippen LogP contribution in [0.1, 0.15) is 39.8 Å². The molecule has 2 N–H and O–H groups in total. The van der Waals surface area contributed by atoms with Gasteiger partial charge in [-0.2, -0.15) is 0 Å². The molecule has 7 nitrogen and oxygen atoms in total. The zero-order valence-electron chi connectivity index (χ0n) is 15.9. The maximum Gasteiger partial charge on any atom is 0.349 e. The molecule has 0 unspecified atom stereocenters. The third-order valence-corrected chi connectivity index (χ3v) is 3.85. The maximum atomic E-state index is 11.9. The van der Waals surface area contributed by atoms with Crippen molar-refractivity contribution in [3.05, 3.63) is 35.2 Å². The average molecular weight is 394 g/mol. The van der Waals surface area contributed by atoms with Crippen LogP contribution in [0.2, 0.25) is 5.15 Å². The van der Waals surface area contributed by atoms with E-state index in [-0.39, 0.29) is 17.5 Å². The summed E-state index contributed by atoms with van der Waals surface area (Å²) < 4.78 is 10.7. The SMILES string of the molecule is CCCc1nc(Cl)cc(Nc2ccc(OC(C)(C)C(=O)OCC)cn2)c1O. The number of nitrogens with one attached hydrogen (secondary N) is 1. The first-order valence-corrected chi connectivity index (χ1v) is 9.12. The van der Waals surface area contributed by atoms with Gasteiger partial charge in [0, 0.05) is 6.07 Å². The summed E-state index contributed by atoms with van der Waals surface area (Å²) in [6, 6.07) is 4.87. The number of aryl methyl sites for hydroxylation is 1. The summed E-state index contributed by atoms with van der Waals surface area (Å²) in [6.07, 6.45) is 2.93. The van der Waals surface area contributed by atoms with E-state index < -0.39 is 11.6 Å². The van der Waals surface area contributed by atoms with Crippen LogP contribution in [0.25, 0.3) is 0 Å². The van der Waals surface area contributed by atoms with Crippen LogP contribution in [0.4, 0.5) is 11.5 Å². The normalized spacial score (nSPS) is 11.1. The standard InChI is InChI=1S/C19H24ClN3O4/c1-5-7-13-17(24)14(10-15(20)22-13)23-16-9-8-12(11-21-16)27-19(3,4)18(25)26-6-2/h8-11,24H,5-7H2,1-4H3,(H,21,22,23). The minimum absolute atomic E-state index is 0.0480. The van der Waals surface area contributed by atoms with Crippen LogP contribution >= 0.6 is 11.6 Å². The van der Waals surface area contributed by atoms with Crippen molar-refractivity contribution in [3.63, 3.8) is 0 Å². The molecule has 2 aromatic rings. The van der Waals surface area contributed by atoms with E-state index in [4.69, 9.17) is 21.1 Å². The fourth-order valence-electron chi connectivity index (χ4n) is 2.36. The monoisotopic (exact) mass is 393 g/mol. The first-order chi connectivity index (χ1) is 12.8. The van der Waals surface area contributed by atoms with E-state index in [0.29, 0.717) is 29.4 Å². The molecule has 0 aliphatic heterocycles. The summed E-state index contributed by atoms with van der Waals surface area (Å²) in [5, 5.41) is 13.6. The number of anilines is 2. The van der Waals surface area contributed by atoms with E-state index >= 15 is 0 Å². The number of rotatable bonds is 8. The van der Waals surface area contributed by atoms with E-state index in [1.54, 1.807) is 32.9 Å². The number of ether oxygens (including phenoxy) is 2. The van der Waals surface area contributed by atoms with Crippen LogP contribution in [0.3, 0.4) is 0 Å². The van der Waals surface area contributed by atoms with Gasteiger partial charge in [0.1, 0.15) is 16.7 Å². The molecular formula is C19H24ClN3O4. The Balaban J connectivity index is 2.14. The maximum absolute atomic E-state index is 11.9. The minimum atomic E-state index is -1.13. The van der Waals surface area contributed by atoms with Gasteiger partial charge in [-0.1, -0.05) is 24.9 Å². The van der Waals surface area contributed by atoms with E-state index in [2.05, 4.69) is 15.3 Å². The van der Waals surface area contributed by atoms with Gasteiger partial charge in [0.25, 0.3) is 0 Å². The molecule has 146 valence electrons. The van der Waals surface area contributed by atoms with E-state index in [1.165, 1.54) is 12.3 Å². The van der Waals surface area contributed by atoms with Gasteiger partial charge in [-0.15, -0.1) is 0 Å². The molecule has 0 atom stereocenters. The van der Waals surface area contributed by atoms with Crippen LogP contribution < -0.4 is 10.1 Å². The topological polar surface area (TPSA) is 93.6 Å². The number of aromatic hydroxyl groups is 1. The molecule has 0 amide bonds. The summed E-state index contributed by atoms with van der Waals surface area (Å²) in [6.45, 7) is 7.27. The van der Waals surface area contributed by atoms with E-state index in [1.807, 2.05) is 6.92 Å². The Morgan fingerprint density at radius 3 is 2.67 bits per heavy atom. The van der Waals surface area contributed by atoms with Gasteiger partial charge in [-0.25, -0.2) is 14.8 Å². The molecule has 0 aliphatic carbocycles. The first-order valence-electron chi connectivity index (χ1n) is 8.74. The number of carbonyl (C=O) groups is 1. The van der Waals surface area contributed by atoms with Crippen molar-refractivity contribution in [3.8, 4) is 11.5 Å². The molecule has 0 fully saturated rings. The highest BCUT2D eigenvalue weighted by atomic mass is 35.5. The van der Waals surface area contributed by atoms with Crippen molar-refractivity contribution in [1.82, 2.24) is 9.97 Å². The third-order valence-electron chi connectivity index (χ3n) is 3.66. The van der Waals surface area contributed by atoms with Gasteiger partial charge in [0.2, 0.25) is 0 Å². The van der Waals surface area contributed by atoms with Crippen LogP contribution in [0, 0.1) is 0 Å². The molecule has 0 bridgehead atoms. The predicted octanol–water partition coefficient (Wildman–Crippen LogP) is 4.25. The number of pyridine rings is 2. The Bertz CT molecular complexity index is 794. The third kappa shape index (κ3) is 5.47. The Morgan fingerprint density at radius 2 is 2.07 bits per heavy atom. The summed E-state index contributed by atoms with van der Waals surface area (Å²) in [5.74, 6) is 0.498. The van der Waals surface area contributed by atoms with Crippen molar-refractivity contribution in [2.75, 3.05) is 11.9 Å². The van der Waals surface area contributed by atoms with Crippen molar-refractivity contribution in [2.45, 2.75) is 46.1 Å². The number of aromatic nitrogens is 2. The lowest BCUT2D eigenvalue weighted by Gasteiger charge is -2.23. The molecule has 0 saturated carbocycles. The van der Waals surface area contributed by atoms with Gasteiger partial charge in [0.15, 0.2) is 11.4 Å². The van der Waals surface area contributed by atoms with E-state index in [0.717, 1.165) is 6.42 Å². The first kappa shape index (κ1) is 20.8. The molecule has 2 heterocycles. The van der Waals surface area contributed by atoms with Gasteiger partial charge < -0.3 is 19.9 Å². The van der Waals surface area contributed by atoms with Gasteiger partial charge in [-0.05, 0) is 39.3 Å². The average Bonchev–Trinajstić information content (AvgIpc) is 2.61. The smallest absolute Gasteiger partial charge is 0.349 e. The number of hydrogen-bond donors (Lipinski definition) is 2. The van der Waals surface area contributed by atoms with Crippen LogP contribution in [-0.4, -0.2) is 33.3 Å². The second-order valence-electron chi connectivity index (χ2n) is 6.37. The van der Waals surface area contributed by atoms with Crippen molar-refractivity contribution >= 4 is 29.1 Å². The predicted molar refractivity (Wildman–Crippen MR) is 104 cm³/mol. The van der Waals surface area contributed by atoms with Gasteiger partial charge in [-0.3, -0.25) is 0 Å². The number of halogens is 1. The van der Waals surface area contributed by atoms with Crippen LogP contribution in [0.5, 0.6) is 11.5 Å². The molecule has 2 aromatic heterocycles. The lowest BCUT2D eigenvalue weighted by Crippen LogP contribution is -2.39. The number of esters is 1. The van der Waals surface area contributed by atoms with Gasteiger partial charge >= 0.3 is 5.97 Å². The highest BCUT2D eigenvalue weighted by molar-refractivity contribution is 6.29. The largest absolute Gasteiger partial charge is 0.504 e. The Hall–Kier alpha value is -2.54. The molecule has 27 heavy (non-hydrogen) atoms.